The molecule has 1 saturated heterocycles. The van der Waals surface area contributed by atoms with Crippen LogP contribution in [0.4, 0.5) is 0 Å². The van der Waals surface area contributed by atoms with Gasteiger partial charge in [0.15, 0.2) is 6.29 Å². The zero-order chi connectivity index (χ0) is 54.5. The SMILES string of the molecule is CCCCCCCCC/C=C/C(O)C(COC1OC(CO)C(O)C(O)C1O)NC(=O)CCCCCCCCCCCCCCCCCCCCCCCCCCCCOC(=O)CCCCCCCCCCCCCC. The van der Waals surface area contributed by atoms with Crippen molar-refractivity contribution in [3.05, 3.63) is 12.2 Å². The van der Waals surface area contributed by atoms with E-state index in [9.17, 15) is 35.1 Å². The van der Waals surface area contributed by atoms with Crippen LogP contribution in [0.3, 0.4) is 0 Å². The normalized spacial score (nSPS) is 18.7. The number of nitrogens with one attached hydrogen (secondary N) is 1. The smallest absolute Gasteiger partial charge is 0.305 e. The Labute approximate surface area is 461 Å². The number of amides is 1. The van der Waals surface area contributed by atoms with Crippen molar-refractivity contribution in [1.29, 1.82) is 0 Å². The minimum absolute atomic E-state index is 0.00837. The molecule has 1 aliphatic heterocycles. The van der Waals surface area contributed by atoms with E-state index in [2.05, 4.69) is 19.2 Å². The third-order valence-corrected chi connectivity index (χ3v) is 15.7. The lowest BCUT2D eigenvalue weighted by Gasteiger charge is -2.40. The Hall–Kier alpha value is -1.60. The van der Waals surface area contributed by atoms with Gasteiger partial charge in [0, 0.05) is 12.8 Å². The van der Waals surface area contributed by atoms with Crippen LogP contribution in [-0.2, 0) is 23.8 Å². The van der Waals surface area contributed by atoms with E-state index in [0.29, 0.717) is 19.4 Å². The van der Waals surface area contributed by atoms with Crippen LogP contribution in [-0.4, -0.2) is 100 Å². The predicted octanol–water partition coefficient (Wildman–Crippen LogP) is 15.5. The first-order chi connectivity index (χ1) is 36.7. The Morgan fingerprint density at radius 3 is 1.24 bits per heavy atom. The molecule has 75 heavy (non-hydrogen) atoms. The van der Waals surface area contributed by atoms with Crippen LogP contribution in [0.2, 0.25) is 0 Å². The standard InChI is InChI=1S/C64H123NO10/c1-3-5-7-9-11-13-14-32-36-40-44-48-52-60(69)73-53-49-45-41-37-33-30-28-26-24-22-20-18-16-15-17-19-21-23-25-27-29-31-35-39-43-47-51-59(68)65-56(57(67)50-46-42-38-34-12-10-8-6-4-2)55-74-64-63(72)62(71)61(70)58(54-66)75-64/h46,50,56-58,61-64,66-67,70-72H,3-45,47-49,51-55H2,1-2H3,(H,65,68)/b50-46+. The van der Waals surface area contributed by atoms with Crippen LogP contribution in [0.15, 0.2) is 12.2 Å². The average molecular weight is 1070 g/mol. The zero-order valence-electron chi connectivity index (χ0n) is 49.0. The number of aliphatic hydroxyl groups excluding tert-OH is 5. The van der Waals surface area contributed by atoms with Crippen LogP contribution in [0.25, 0.3) is 0 Å². The number of carbonyl (C=O) groups is 2. The van der Waals surface area contributed by atoms with Crippen molar-refractivity contribution in [2.24, 2.45) is 0 Å². The largest absolute Gasteiger partial charge is 0.466 e. The highest BCUT2D eigenvalue weighted by Gasteiger charge is 2.44. The van der Waals surface area contributed by atoms with Gasteiger partial charge < -0.3 is 45.1 Å². The molecular formula is C64H123NO10. The van der Waals surface area contributed by atoms with Crippen molar-refractivity contribution in [3.8, 4) is 0 Å². The summed E-state index contributed by atoms with van der Waals surface area (Å²) in [6.07, 6.45) is 54.8. The highest BCUT2D eigenvalue weighted by atomic mass is 16.7. The Kier molecular flexibility index (Phi) is 51.8. The molecule has 1 fully saturated rings. The summed E-state index contributed by atoms with van der Waals surface area (Å²) >= 11 is 0. The average Bonchev–Trinajstić information content (AvgIpc) is 3.41. The van der Waals surface area contributed by atoms with Crippen LogP contribution in [0.1, 0.15) is 322 Å². The van der Waals surface area contributed by atoms with Gasteiger partial charge in [0.05, 0.1) is 32.0 Å². The van der Waals surface area contributed by atoms with Crippen LogP contribution in [0.5, 0.6) is 0 Å². The zero-order valence-corrected chi connectivity index (χ0v) is 49.0. The van der Waals surface area contributed by atoms with Gasteiger partial charge in [0.2, 0.25) is 5.91 Å². The molecular weight excluding hydrogens is 943 g/mol. The first-order valence-corrected chi connectivity index (χ1v) is 32.5. The Balaban J connectivity index is 1.94. The Morgan fingerprint density at radius 1 is 0.480 bits per heavy atom. The molecule has 0 spiro atoms. The van der Waals surface area contributed by atoms with Crippen molar-refractivity contribution in [2.75, 3.05) is 19.8 Å². The maximum atomic E-state index is 13.0. The summed E-state index contributed by atoms with van der Waals surface area (Å²) < 4.78 is 16.7. The lowest BCUT2D eigenvalue weighted by Crippen LogP contribution is -2.60. The minimum atomic E-state index is -1.57. The molecule has 1 aliphatic rings. The Bertz CT molecular complexity index is 1250. The summed E-state index contributed by atoms with van der Waals surface area (Å²) in [6, 6.07) is -0.806. The molecule has 0 saturated carbocycles. The quantitative estimate of drug-likeness (QED) is 0.0195. The molecule has 6 N–H and O–H groups in total. The van der Waals surface area contributed by atoms with Crippen molar-refractivity contribution in [3.63, 3.8) is 0 Å². The molecule has 11 nitrogen and oxygen atoms in total. The monoisotopic (exact) mass is 1070 g/mol. The maximum absolute atomic E-state index is 13.0. The molecule has 0 aromatic rings. The van der Waals surface area contributed by atoms with Gasteiger partial charge >= 0.3 is 5.97 Å². The van der Waals surface area contributed by atoms with Gasteiger partial charge in [-0.15, -0.1) is 0 Å². The van der Waals surface area contributed by atoms with Crippen LogP contribution < -0.4 is 5.32 Å². The maximum Gasteiger partial charge on any atom is 0.305 e. The first kappa shape index (κ1) is 71.4. The molecule has 444 valence electrons. The number of allylic oxidation sites excluding steroid dienone is 1. The van der Waals surface area contributed by atoms with E-state index >= 15 is 0 Å². The number of unbranched alkanes of at least 4 members (excludes halogenated alkanes) is 43. The molecule has 0 aromatic heterocycles. The van der Waals surface area contributed by atoms with Crippen molar-refractivity contribution in [2.45, 2.75) is 365 Å². The van der Waals surface area contributed by atoms with Gasteiger partial charge in [-0.2, -0.15) is 0 Å². The van der Waals surface area contributed by atoms with Gasteiger partial charge in [-0.1, -0.05) is 289 Å². The molecule has 1 amide bonds. The van der Waals surface area contributed by atoms with E-state index in [0.717, 1.165) is 57.8 Å². The topological polar surface area (TPSA) is 175 Å². The highest BCUT2D eigenvalue weighted by Crippen LogP contribution is 2.23. The number of hydrogen-bond acceptors (Lipinski definition) is 10. The molecule has 1 rings (SSSR count). The Morgan fingerprint density at radius 2 is 0.840 bits per heavy atom. The molecule has 0 radical (unpaired) electrons. The van der Waals surface area contributed by atoms with Crippen LogP contribution in [0, 0.1) is 0 Å². The number of hydrogen-bond donors (Lipinski definition) is 6. The van der Waals surface area contributed by atoms with E-state index in [4.69, 9.17) is 14.2 Å². The first-order valence-electron chi connectivity index (χ1n) is 32.5. The fourth-order valence-corrected chi connectivity index (χ4v) is 10.5. The summed E-state index contributed by atoms with van der Waals surface area (Å²) in [5, 5.41) is 54.2. The van der Waals surface area contributed by atoms with Crippen molar-refractivity contribution in [1.82, 2.24) is 5.32 Å². The van der Waals surface area contributed by atoms with E-state index < -0.39 is 49.5 Å². The molecule has 7 atom stereocenters. The van der Waals surface area contributed by atoms with Gasteiger partial charge in [0.1, 0.15) is 24.4 Å². The van der Waals surface area contributed by atoms with Gasteiger partial charge in [-0.05, 0) is 32.1 Å². The number of carbonyl (C=O) groups excluding carboxylic acids is 2. The summed E-state index contributed by atoms with van der Waals surface area (Å²) in [5.74, 6) is -0.172. The lowest BCUT2D eigenvalue weighted by molar-refractivity contribution is -0.302. The summed E-state index contributed by atoms with van der Waals surface area (Å²) in [6.45, 7) is 4.34. The third kappa shape index (κ3) is 43.9. The predicted molar refractivity (Wildman–Crippen MR) is 311 cm³/mol. The molecule has 1 heterocycles. The number of esters is 1. The molecule has 0 aromatic carbocycles. The summed E-state index contributed by atoms with van der Waals surface area (Å²) in [7, 11) is 0. The third-order valence-electron chi connectivity index (χ3n) is 15.7. The minimum Gasteiger partial charge on any atom is -0.466 e. The molecule has 0 aliphatic carbocycles. The summed E-state index contributed by atoms with van der Waals surface area (Å²) in [4.78, 5) is 25.0. The fraction of sp³-hybridized carbons (Fsp3) is 0.938. The summed E-state index contributed by atoms with van der Waals surface area (Å²) in [5.41, 5.74) is 0. The van der Waals surface area contributed by atoms with E-state index in [-0.39, 0.29) is 18.5 Å². The van der Waals surface area contributed by atoms with Crippen LogP contribution >= 0.6 is 0 Å². The number of aliphatic hydroxyl groups is 5. The number of ether oxygens (including phenoxy) is 3. The van der Waals surface area contributed by atoms with E-state index in [1.807, 2.05) is 6.08 Å². The highest BCUT2D eigenvalue weighted by molar-refractivity contribution is 5.76. The second kappa shape index (κ2) is 54.4. The second-order valence-corrected chi connectivity index (χ2v) is 22.8. The molecule has 0 bridgehead atoms. The van der Waals surface area contributed by atoms with Crippen molar-refractivity contribution >= 4 is 11.9 Å². The molecule has 11 heteroatoms. The molecule has 7 unspecified atom stereocenters. The van der Waals surface area contributed by atoms with E-state index in [1.54, 1.807) is 6.08 Å². The van der Waals surface area contributed by atoms with Gasteiger partial charge in [-0.25, -0.2) is 0 Å². The van der Waals surface area contributed by atoms with Crippen molar-refractivity contribution < 1.29 is 49.3 Å². The second-order valence-electron chi connectivity index (χ2n) is 22.8. The lowest BCUT2D eigenvalue weighted by atomic mass is 9.99. The fourth-order valence-electron chi connectivity index (χ4n) is 10.5. The van der Waals surface area contributed by atoms with E-state index in [1.165, 1.54) is 238 Å². The number of rotatable bonds is 57. The van der Waals surface area contributed by atoms with Gasteiger partial charge in [0.25, 0.3) is 0 Å². The van der Waals surface area contributed by atoms with Gasteiger partial charge in [-0.3, -0.25) is 9.59 Å².